The molecular formula is C18H15NO2S2. The van der Waals surface area contributed by atoms with Crippen LogP contribution in [-0.2, 0) is 4.79 Å². The molecule has 0 saturated heterocycles. The number of carboxylic acids is 1. The van der Waals surface area contributed by atoms with Gasteiger partial charge in [-0.3, -0.25) is 4.79 Å². The molecule has 3 nitrogen and oxygen atoms in total. The van der Waals surface area contributed by atoms with Gasteiger partial charge < -0.3 is 5.11 Å². The van der Waals surface area contributed by atoms with Crippen LogP contribution in [0.15, 0.2) is 54.6 Å². The molecule has 0 aliphatic heterocycles. The van der Waals surface area contributed by atoms with Crippen molar-refractivity contribution in [3.05, 3.63) is 65.2 Å². The number of hydrogen-bond acceptors (Lipinski definition) is 4. The number of carbonyl (C=O) groups is 1. The molecule has 1 atom stereocenters. The quantitative estimate of drug-likeness (QED) is 0.668. The highest BCUT2D eigenvalue weighted by atomic mass is 32.1. The normalized spacial score (nSPS) is 12.1. The highest BCUT2D eigenvalue weighted by Gasteiger charge is 2.23. The molecule has 0 saturated carbocycles. The van der Waals surface area contributed by atoms with E-state index in [-0.39, 0.29) is 0 Å². The van der Waals surface area contributed by atoms with Crippen molar-refractivity contribution in [2.24, 2.45) is 0 Å². The minimum Gasteiger partial charge on any atom is -0.480 e. The van der Waals surface area contributed by atoms with Crippen molar-refractivity contribution in [3.8, 4) is 21.7 Å². The number of thiazole rings is 1. The van der Waals surface area contributed by atoms with Crippen molar-refractivity contribution >= 4 is 29.9 Å². The average molecular weight is 341 g/mol. The lowest BCUT2D eigenvalue weighted by atomic mass is 10.1. The van der Waals surface area contributed by atoms with Crippen molar-refractivity contribution in [2.75, 3.05) is 0 Å². The third-order valence-corrected chi connectivity index (χ3v) is 5.28. The molecule has 3 rings (SSSR count). The van der Waals surface area contributed by atoms with Gasteiger partial charge in [0.1, 0.15) is 5.01 Å². The summed E-state index contributed by atoms with van der Waals surface area (Å²) < 4.78 is 0. The molecule has 1 heterocycles. The van der Waals surface area contributed by atoms with Gasteiger partial charge in [0.25, 0.3) is 0 Å². The summed E-state index contributed by atoms with van der Waals surface area (Å²) in [5.41, 5.74) is 3.98. The molecule has 5 heteroatoms. The zero-order chi connectivity index (χ0) is 16.4. The van der Waals surface area contributed by atoms with E-state index in [9.17, 15) is 9.90 Å². The summed E-state index contributed by atoms with van der Waals surface area (Å²) in [6.07, 6.45) is 0. The average Bonchev–Trinajstić information content (AvgIpc) is 3.00. The smallest absolute Gasteiger partial charge is 0.323 e. The molecule has 1 aromatic heterocycles. The van der Waals surface area contributed by atoms with E-state index in [0.717, 1.165) is 21.7 Å². The highest BCUT2D eigenvalue weighted by Crippen LogP contribution is 2.40. The molecule has 2 aromatic carbocycles. The fourth-order valence-corrected chi connectivity index (χ4v) is 3.54. The Balaban J connectivity index is 2.16. The Morgan fingerprint density at radius 3 is 2.35 bits per heavy atom. The molecule has 0 fully saturated rings. The van der Waals surface area contributed by atoms with E-state index in [1.165, 1.54) is 16.9 Å². The number of aryl methyl sites for hydroxylation is 1. The van der Waals surface area contributed by atoms with Gasteiger partial charge in [0.05, 0.1) is 10.6 Å². The number of aliphatic carboxylic acids is 1. The Morgan fingerprint density at radius 2 is 1.74 bits per heavy atom. The second-order valence-electron chi connectivity index (χ2n) is 5.20. The van der Waals surface area contributed by atoms with Gasteiger partial charge in [-0.05, 0) is 12.5 Å². The Morgan fingerprint density at radius 1 is 1.09 bits per heavy atom. The summed E-state index contributed by atoms with van der Waals surface area (Å²) in [6.45, 7) is 2.04. The van der Waals surface area contributed by atoms with Crippen molar-refractivity contribution < 1.29 is 9.90 Å². The van der Waals surface area contributed by atoms with Crippen LogP contribution in [0.25, 0.3) is 21.7 Å². The predicted molar refractivity (Wildman–Crippen MR) is 97.1 cm³/mol. The van der Waals surface area contributed by atoms with Crippen molar-refractivity contribution in [3.63, 3.8) is 0 Å². The van der Waals surface area contributed by atoms with Crippen LogP contribution >= 0.6 is 24.0 Å². The van der Waals surface area contributed by atoms with Gasteiger partial charge in [-0.15, -0.1) is 11.3 Å². The van der Waals surface area contributed by atoms with Gasteiger partial charge in [0.2, 0.25) is 0 Å². The lowest BCUT2D eigenvalue weighted by Gasteiger charge is -2.03. The molecule has 23 heavy (non-hydrogen) atoms. The summed E-state index contributed by atoms with van der Waals surface area (Å²) in [4.78, 5) is 16.8. The third-order valence-electron chi connectivity index (χ3n) is 3.47. The monoisotopic (exact) mass is 341 g/mol. The minimum atomic E-state index is -0.989. The molecule has 0 aliphatic rings. The number of thiol groups is 1. The first-order valence-electron chi connectivity index (χ1n) is 7.10. The van der Waals surface area contributed by atoms with E-state index in [4.69, 9.17) is 0 Å². The Bertz CT molecular complexity index is 826. The van der Waals surface area contributed by atoms with E-state index in [0.29, 0.717) is 5.01 Å². The standard InChI is InChI=1S/C18H15NO2S2/c1-11-7-9-13(10-8-11)16-14(12-5-3-2-4-6-12)19-17(23-16)15(22)18(20)21/h2-10,15,22H,1H3,(H,20,21). The molecule has 0 bridgehead atoms. The Kier molecular flexibility index (Phi) is 4.50. The summed E-state index contributed by atoms with van der Waals surface area (Å²) >= 11 is 5.55. The lowest BCUT2D eigenvalue weighted by Crippen LogP contribution is -2.04. The maximum atomic E-state index is 11.2. The van der Waals surface area contributed by atoms with Gasteiger partial charge in [-0.1, -0.05) is 60.2 Å². The van der Waals surface area contributed by atoms with Crippen LogP contribution < -0.4 is 0 Å². The summed E-state index contributed by atoms with van der Waals surface area (Å²) in [7, 11) is 0. The van der Waals surface area contributed by atoms with Crippen molar-refractivity contribution in [2.45, 2.75) is 12.2 Å². The van der Waals surface area contributed by atoms with Crippen molar-refractivity contribution in [1.29, 1.82) is 0 Å². The van der Waals surface area contributed by atoms with Crippen LogP contribution in [0.4, 0.5) is 0 Å². The van der Waals surface area contributed by atoms with Gasteiger partial charge >= 0.3 is 5.97 Å². The Labute approximate surface area is 144 Å². The lowest BCUT2D eigenvalue weighted by molar-refractivity contribution is -0.136. The molecule has 1 N–H and O–H groups in total. The maximum Gasteiger partial charge on any atom is 0.323 e. The fraction of sp³-hybridized carbons (Fsp3) is 0.111. The van der Waals surface area contributed by atoms with Crippen LogP contribution in [0.3, 0.4) is 0 Å². The zero-order valence-corrected chi connectivity index (χ0v) is 14.1. The first-order chi connectivity index (χ1) is 11.1. The van der Waals surface area contributed by atoms with E-state index in [2.05, 4.69) is 17.6 Å². The van der Waals surface area contributed by atoms with Gasteiger partial charge in [-0.25, -0.2) is 4.98 Å². The SMILES string of the molecule is Cc1ccc(-c2sc(C(S)C(=O)O)nc2-c2ccccc2)cc1. The number of hydrogen-bond donors (Lipinski definition) is 2. The largest absolute Gasteiger partial charge is 0.480 e. The van der Waals surface area contributed by atoms with Crippen LogP contribution in [0.2, 0.25) is 0 Å². The second kappa shape index (κ2) is 6.56. The number of aromatic nitrogens is 1. The fourth-order valence-electron chi connectivity index (χ4n) is 2.25. The summed E-state index contributed by atoms with van der Waals surface area (Å²) in [5, 5.41) is 8.78. The second-order valence-corrected chi connectivity index (χ2v) is 6.75. The number of carboxylic acid groups (broad SMARTS) is 1. The van der Waals surface area contributed by atoms with E-state index < -0.39 is 11.2 Å². The van der Waals surface area contributed by atoms with Crippen LogP contribution in [0.5, 0.6) is 0 Å². The molecule has 0 radical (unpaired) electrons. The summed E-state index contributed by atoms with van der Waals surface area (Å²) in [6, 6.07) is 17.9. The van der Waals surface area contributed by atoms with Crippen LogP contribution in [0.1, 0.15) is 15.8 Å². The molecule has 0 spiro atoms. The van der Waals surface area contributed by atoms with Crippen LogP contribution in [-0.4, -0.2) is 16.1 Å². The first-order valence-corrected chi connectivity index (χ1v) is 8.43. The molecule has 1 unspecified atom stereocenters. The number of rotatable bonds is 4. The van der Waals surface area contributed by atoms with E-state index >= 15 is 0 Å². The topological polar surface area (TPSA) is 50.2 Å². The third kappa shape index (κ3) is 3.30. The van der Waals surface area contributed by atoms with Gasteiger partial charge in [0.15, 0.2) is 5.25 Å². The first kappa shape index (κ1) is 15.8. The van der Waals surface area contributed by atoms with E-state index in [1.54, 1.807) is 0 Å². The van der Waals surface area contributed by atoms with Gasteiger partial charge in [0, 0.05) is 5.56 Å². The van der Waals surface area contributed by atoms with E-state index in [1.807, 2.05) is 61.5 Å². The molecule has 3 aromatic rings. The summed E-state index contributed by atoms with van der Waals surface area (Å²) in [5.74, 6) is -0.989. The predicted octanol–water partition coefficient (Wildman–Crippen LogP) is 4.84. The maximum absolute atomic E-state index is 11.2. The molecule has 0 amide bonds. The van der Waals surface area contributed by atoms with Crippen LogP contribution in [0, 0.1) is 6.92 Å². The molecule has 116 valence electrons. The minimum absolute atomic E-state index is 0.496. The molecule has 0 aliphatic carbocycles. The highest BCUT2D eigenvalue weighted by molar-refractivity contribution is 7.81. The zero-order valence-electron chi connectivity index (χ0n) is 12.4. The number of benzene rings is 2. The van der Waals surface area contributed by atoms with Gasteiger partial charge in [-0.2, -0.15) is 12.6 Å². The van der Waals surface area contributed by atoms with Crippen molar-refractivity contribution in [1.82, 2.24) is 4.98 Å². The molecular weight excluding hydrogens is 326 g/mol. The number of nitrogens with zero attached hydrogens (tertiary/aromatic N) is 1. The Hall–Kier alpha value is -2.11.